The van der Waals surface area contributed by atoms with E-state index in [1.807, 2.05) is 6.92 Å². The summed E-state index contributed by atoms with van der Waals surface area (Å²) < 4.78 is 28.8. The van der Waals surface area contributed by atoms with Crippen molar-refractivity contribution >= 4 is 26.6 Å². The number of anilines is 1. The van der Waals surface area contributed by atoms with Crippen LogP contribution in [0.4, 0.5) is 5.00 Å². The molecule has 2 heterocycles. The van der Waals surface area contributed by atoms with Crippen molar-refractivity contribution in [2.75, 3.05) is 31.3 Å². The molecule has 2 rings (SSSR count). The zero-order valence-electron chi connectivity index (χ0n) is 11.8. The molecule has 8 heteroatoms. The van der Waals surface area contributed by atoms with Crippen LogP contribution in [-0.4, -0.2) is 49.5 Å². The van der Waals surface area contributed by atoms with Crippen LogP contribution < -0.4 is 4.90 Å². The number of piperidine rings is 1. The van der Waals surface area contributed by atoms with E-state index in [1.165, 1.54) is 22.1 Å². The average molecular weight is 314 g/mol. The van der Waals surface area contributed by atoms with Crippen LogP contribution in [0.25, 0.3) is 0 Å². The minimum Gasteiger partial charge on any atom is -0.361 e. The summed E-state index contributed by atoms with van der Waals surface area (Å²) in [6.07, 6.45) is 2.77. The molecule has 1 aromatic rings. The second kappa shape index (κ2) is 5.68. The number of hydrogen-bond acceptors (Lipinski definition) is 6. The molecule has 1 aliphatic heterocycles. The molecule has 0 atom stereocenters. The molecule has 0 bridgehead atoms. The van der Waals surface area contributed by atoms with Crippen LogP contribution in [0.2, 0.25) is 0 Å². The lowest BCUT2D eigenvalue weighted by molar-refractivity contribution is 0.314. The molecule has 0 saturated carbocycles. The van der Waals surface area contributed by atoms with Gasteiger partial charge in [0, 0.05) is 26.2 Å². The van der Waals surface area contributed by atoms with Gasteiger partial charge in [-0.05, 0) is 31.3 Å². The second-order valence-electron chi connectivity index (χ2n) is 5.06. The molecule has 0 N–H and O–H groups in total. The van der Waals surface area contributed by atoms with Crippen molar-refractivity contribution in [3.8, 4) is 6.07 Å². The van der Waals surface area contributed by atoms with Crippen molar-refractivity contribution in [1.29, 1.82) is 5.26 Å². The van der Waals surface area contributed by atoms with Gasteiger partial charge in [0.05, 0.1) is 11.9 Å². The van der Waals surface area contributed by atoms with Gasteiger partial charge in [-0.2, -0.15) is 9.64 Å². The first-order valence-electron chi connectivity index (χ1n) is 6.39. The molecular formula is C12H18N4O2S2. The van der Waals surface area contributed by atoms with Crippen molar-refractivity contribution < 1.29 is 8.42 Å². The summed E-state index contributed by atoms with van der Waals surface area (Å²) in [4.78, 5) is 2.13. The van der Waals surface area contributed by atoms with Crippen LogP contribution in [0.3, 0.4) is 0 Å². The molecule has 110 valence electrons. The number of nitriles is 1. The molecule has 0 aromatic carbocycles. The van der Waals surface area contributed by atoms with E-state index in [2.05, 4.69) is 15.3 Å². The van der Waals surface area contributed by atoms with E-state index in [0.717, 1.165) is 36.6 Å². The fourth-order valence-corrected chi connectivity index (χ4v) is 4.06. The summed E-state index contributed by atoms with van der Waals surface area (Å²) in [5.74, 6) is 0. The van der Waals surface area contributed by atoms with Gasteiger partial charge >= 0.3 is 0 Å². The lowest BCUT2D eigenvalue weighted by atomic mass is 10.1. The van der Waals surface area contributed by atoms with Gasteiger partial charge in [-0.15, -0.1) is 0 Å². The Morgan fingerprint density at radius 2 is 2.05 bits per heavy atom. The van der Waals surface area contributed by atoms with E-state index in [0.29, 0.717) is 5.56 Å². The van der Waals surface area contributed by atoms with Gasteiger partial charge in [0.15, 0.2) is 0 Å². The molecule has 0 aliphatic carbocycles. The predicted octanol–water partition coefficient (Wildman–Crippen LogP) is 1.18. The maximum atomic E-state index is 11.5. The maximum absolute atomic E-state index is 11.5. The van der Waals surface area contributed by atoms with Crippen molar-refractivity contribution in [3.63, 3.8) is 0 Å². The number of nitrogens with zero attached hydrogens (tertiary/aromatic N) is 4. The Labute approximate surface area is 123 Å². The Hall–Kier alpha value is -1.17. The van der Waals surface area contributed by atoms with Gasteiger partial charge in [0.25, 0.3) is 0 Å². The zero-order chi connectivity index (χ0) is 14.9. The smallest absolute Gasteiger partial charge is 0.211 e. The van der Waals surface area contributed by atoms with Crippen molar-refractivity contribution in [1.82, 2.24) is 8.68 Å². The minimum absolute atomic E-state index is 0.0424. The molecular weight excluding hydrogens is 296 g/mol. The van der Waals surface area contributed by atoms with E-state index < -0.39 is 10.0 Å². The average Bonchev–Trinajstić information content (AvgIpc) is 2.78. The van der Waals surface area contributed by atoms with Gasteiger partial charge in [-0.1, -0.05) is 0 Å². The number of aromatic nitrogens is 1. The normalized spacial score (nSPS) is 17.4. The Balaban J connectivity index is 2.07. The van der Waals surface area contributed by atoms with Gasteiger partial charge in [0.2, 0.25) is 10.0 Å². The fourth-order valence-electron chi connectivity index (χ4n) is 2.41. The quantitative estimate of drug-likeness (QED) is 0.837. The summed E-state index contributed by atoms with van der Waals surface area (Å²) in [5.41, 5.74) is 1.41. The third kappa shape index (κ3) is 2.95. The van der Waals surface area contributed by atoms with Crippen molar-refractivity contribution in [2.45, 2.75) is 25.8 Å². The molecule has 0 radical (unpaired) electrons. The van der Waals surface area contributed by atoms with Crippen LogP contribution in [0.15, 0.2) is 0 Å². The number of aryl methyl sites for hydroxylation is 1. The van der Waals surface area contributed by atoms with Gasteiger partial charge < -0.3 is 4.90 Å². The molecule has 20 heavy (non-hydrogen) atoms. The molecule has 1 aromatic heterocycles. The summed E-state index contributed by atoms with van der Waals surface area (Å²) in [6, 6.07) is 2.24. The summed E-state index contributed by atoms with van der Waals surface area (Å²) >= 11 is 1.34. The second-order valence-corrected chi connectivity index (χ2v) is 7.85. The highest BCUT2D eigenvalue weighted by Crippen LogP contribution is 2.31. The predicted molar refractivity (Wildman–Crippen MR) is 79.4 cm³/mol. The minimum atomic E-state index is -3.14. The molecule has 0 amide bonds. The Morgan fingerprint density at radius 1 is 1.45 bits per heavy atom. The van der Waals surface area contributed by atoms with Crippen LogP contribution in [-0.2, 0) is 10.0 Å². The summed E-state index contributed by atoms with van der Waals surface area (Å²) in [6.45, 7) is 3.34. The highest BCUT2D eigenvalue weighted by molar-refractivity contribution is 7.88. The van der Waals surface area contributed by atoms with Crippen LogP contribution >= 0.6 is 11.5 Å². The first kappa shape index (κ1) is 15.2. The highest BCUT2D eigenvalue weighted by Gasteiger charge is 2.29. The Bertz CT molecular complexity index is 624. The van der Waals surface area contributed by atoms with Crippen LogP contribution in [0.5, 0.6) is 0 Å². The first-order chi connectivity index (χ1) is 9.34. The largest absolute Gasteiger partial charge is 0.361 e. The van der Waals surface area contributed by atoms with Gasteiger partial charge in [-0.25, -0.2) is 12.7 Å². The molecule has 6 nitrogen and oxygen atoms in total. The summed E-state index contributed by atoms with van der Waals surface area (Å²) in [5, 5.41) is 10.1. The first-order valence-corrected chi connectivity index (χ1v) is 9.01. The fraction of sp³-hybridized carbons (Fsp3) is 0.667. The number of sulfonamides is 1. The monoisotopic (exact) mass is 314 g/mol. The topological polar surface area (TPSA) is 77.3 Å². The van der Waals surface area contributed by atoms with E-state index >= 15 is 0 Å². The summed E-state index contributed by atoms with van der Waals surface area (Å²) in [7, 11) is -1.51. The van der Waals surface area contributed by atoms with Crippen molar-refractivity contribution in [2.24, 2.45) is 0 Å². The standard InChI is InChI=1S/C12H18N4O2S2/c1-9-11(8-13)12(19-14-9)16-6-4-10(5-7-16)15(2)20(3,17)18/h10H,4-7H2,1-3H3. The molecule has 1 saturated heterocycles. The Morgan fingerprint density at radius 3 is 2.55 bits per heavy atom. The molecule has 1 aliphatic rings. The number of rotatable bonds is 3. The van der Waals surface area contributed by atoms with E-state index in [9.17, 15) is 8.42 Å². The van der Waals surface area contributed by atoms with Crippen LogP contribution in [0, 0.1) is 18.3 Å². The van der Waals surface area contributed by atoms with Crippen LogP contribution in [0.1, 0.15) is 24.1 Å². The van der Waals surface area contributed by atoms with E-state index in [4.69, 9.17) is 5.26 Å². The lowest BCUT2D eigenvalue weighted by Gasteiger charge is -2.36. The maximum Gasteiger partial charge on any atom is 0.211 e. The van der Waals surface area contributed by atoms with E-state index in [-0.39, 0.29) is 6.04 Å². The van der Waals surface area contributed by atoms with Gasteiger partial charge in [-0.3, -0.25) is 0 Å². The molecule has 1 fully saturated rings. The zero-order valence-corrected chi connectivity index (χ0v) is 13.5. The lowest BCUT2D eigenvalue weighted by Crippen LogP contribution is -2.45. The third-order valence-corrected chi connectivity index (χ3v) is 6.09. The van der Waals surface area contributed by atoms with E-state index in [1.54, 1.807) is 7.05 Å². The third-order valence-electron chi connectivity index (χ3n) is 3.75. The Kier molecular flexibility index (Phi) is 4.32. The van der Waals surface area contributed by atoms with Gasteiger partial charge in [0.1, 0.15) is 16.6 Å². The number of hydrogen-bond donors (Lipinski definition) is 0. The van der Waals surface area contributed by atoms with Crippen molar-refractivity contribution in [3.05, 3.63) is 11.3 Å². The highest BCUT2D eigenvalue weighted by atomic mass is 32.2. The molecule has 0 unspecified atom stereocenters. The SMILES string of the molecule is Cc1nsc(N2CCC(N(C)S(C)(=O)=O)CC2)c1C#N. The molecule has 0 spiro atoms.